The zero-order valence-corrected chi connectivity index (χ0v) is 23.9. The number of benzene rings is 1. The van der Waals surface area contributed by atoms with Gasteiger partial charge >= 0.3 is 12.1 Å². The van der Waals surface area contributed by atoms with E-state index >= 15 is 0 Å². The van der Waals surface area contributed by atoms with Gasteiger partial charge in [0.05, 0.1) is 12.9 Å². The van der Waals surface area contributed by atoms with Crippen molar-refractivity contribution in [1.29, 1.82) is 0 Å². The Morgan fingerprint density at radius 2 is 1.79 bits per heavy atom. The number of hydrogen-bond donors (Lipinski definition) is 1. The normalized spacial score (nSPS) is 13.9. The number of nitrogens with zero attached hydrogens (tertiary/aromatic N) is 2. The Kier molecular flexibility index (Phi) is 12.2. The van der Waals surface area contributed by atoms with E-state index in [1.807, 2.05) is 35.2 Å². The van der Waals surface area contributed by atoms with E-state index in [2.05, 4.69) is 17.4 Å². The lowest BCUT2D eigenvalue weighted by Gasteiger charge is -2.24. The van der Waals surface area contributed by atoms with Gasteiger partial charge < -0.3 is 19.7 Å². The number of rotatable bonds is 15. The van der Waals surface area contributed by atoms with Crippen molar-refractivity contribution in [3.63, 3.8) is 0 Å². The number of carbonyl (C=O) groups excluding carboxylic acids is 2. The van der Waals surface area contributed by atoms with E-state index in [-0.39, 0.29) is 18.8 Å². The highest BCUT2D eigenvalue weighted by molar-refractivity contribution is 7.90. The molecular weight excluding hydrogens is 518 g/mol. The third kappa shape index (κ3) is 11.3. The second-order valence-electron chi connectivity index (χ2n) is 10.1. The molecule has 39 heavy (non-hydrogen) atoms. The molecule has 1 aliphatic carbocycles. The average Bonchev–Trinajstić information content (AvgIpc) is 2.93. The monoisotopic (exact) mass is 559 g/mol. The predicted molar refractivity (Wildman–Crippen MR) is 150 cm³/mol. The van der Waals surface area contributed by atoms with E-state index in [4.69, 9.17) is 14.5 Å². The molecule has 1 aromatic carbocycles. The quantitative estimate of drug-likeness (QED) is 0.261. The molecule has 0 saturated carbocycles. The van der Waals surface area contributed by atoms with Crippen LogP contribution in [0.5, 0.6) is 0 Å². The molecule has 0 spiro atoms. The second kappa shape index (κ2) is 15.6. The second-order valence-corrected chi connectivity index (χ2v) is 12.4. The third-order valence-electron chi connectivity index (χ3n) is 6.90. The summed E-state index contributed by atoms with van der Waals surface area (Å²) in [5.41, 5.74) is 4.54. The lowest BCUT2D eigenvalue weighted by atomic mass is 9.95. The number of esters is 1. The van der Waals surface area contributed by atoms with Crippen molar-refractivity contribution >= 4 is 21.9 Å². The van der Waals surface area contributed by atoms with E-state index < -0.39 is 27.9 Å². The first kappa shape index (κ1) is 30.6. The van der Waals surface area contributed by atoms with Crippen LogP contribution in [0.3, 0.4) is 0 Å². The number of hydrogen-bond acceptors (Lipinski definition) is 8. The minimum atomic E-state index is -3.15. The van der Waals surface area contributed by atoms with Gasteiger partial charge in [0, 0.05) is 30.7 Å². The first-order chi connectivity index (χ1) is 18.7. The van der Waals surface area contributed by atoms with Crippen molar-refractivity contribution in [2.75, 3.05) is 38.8 Å². The fourth-order valence-corrected chi connectivity index (χ4v) is 5.24. The van der Waals surface area contributed by atoms with Gasteiger partial charge in [0.1, 0.15) is 22.5 Å². The molecule has 0 aliphatic heterocycles. The average molecular weight is 560 g/mol. The molecule has 214 valence electrons. The molecule has 1 amide bonds. The number of aromatic nitrogens is 1. The van der Waals surface area contributed by atoms with Crippen LogP contribution in [0.15, 0.2) is 42.5 Å². The topological polar surface area (TPSA) is 115 Å². The van der Waals surface area contributed by atoms with Gasteiger partial charge in [0.25, 0.3) is 0 Å². The van der Waals surface area contributed by atoms with Gasteiger partial charge in [-0.05, 0) is 75.1 Å². The van der Waals surface area contributed by atoms with Gasteiger partial charge in [-0.15, -0.1) is 0 Å². The van der Waals surface area contributed by atoms with Crippen molar-refractivity contribution in [1.82, 2.24) is 15.2 Å². The summed E-state index contributed by atoms with van der Waals surface area (Å²) in [6, 6.07) is 12.7. The summed E-state index contributed by atoms with van der Waals surface area (Å²) in [6.07, 6.45) is 8.02. The van der Waals surface area contributed by atoms with Gasteiger partial charge in [-0.3, -0.25) is 4.98 Å². The number of fused-ring (bicyclic) bond motifs is 1. The highest BCUT2D eigenvalue weighted by atomic mass is 32.2. The number of aryl methyl sites for hydroxylation is 3. The molecule has 0 radical (unpaired) electrons. The van der Waals surface area contributed by atoms with Crippen LogP contribution in [-0.2, 0) is 50.0 Å². The molecule has 0 unspecified atom stereocenters. The summed E-state index contributed by atoms with van der Waals surface area (Å²) in [6.45, 7) is 1.53. The number of pyridine rings is 1. The summed E-state index contributed by atoms with van der Waals surface area (Å²) < 4.78 is 33.8. The maximum atomic E-state index is 12.4. The fraction of sp³-hybridized carbons (Fsp3) is 0.552. The van der Waals surface area contributed by atoms with Crippen LogP contribution in [-0.4, -0.2) is 75.2 Å². The van der Waals surface area contributed by atoms with Gasteiger partial charge in [0.2, 0.25) is 0 Å². The summed E-state index contributed by atoms with van der Waals surface area (Å²) >= 11 is 0. The Morgan fingerprint density at radius 1 is 1.03 bits per heavy atom. The van der Waals surface area contributed by atoms with E-state index in [9.17, 15) is 18.0 Å². The highest BCUT2D eigenvalue weighted by Crippen LogP contribution is 2.20. The molecular formula is C29H41N3O6S. The molecule has 2 aromatic rings. The first-order valence-electron chi connectivity index (χ1n) is 13.7. The predicted octanol–water partition coefficient (Wildman–Crippen LogP) is 3.49. The van der Waals surface area contributed by atoms with E-state index in [1.165, 1.54) is 37.5 Å². The zero-order valence-electron chi connectivity index (χ0n) is 23.1. The fourth-order valence-electron chi connectivity index (χ4n) is 4.65. The van der Waals surface area contributed by atoms with Crippen LogP contribution in [0.2, 0.25) is 0 Å². The van der Waals surface area contributed by atoms with Crippen molar-refractivity contribution in [3.05, 3.63) is 65.0 Å². The number of amides is 1. The summed E-state index contributed by atoms with van der Waals surface area (Å²) in [5, 5.41) is 2.59. The summed E-state index contributed by atoms with van der Waals surface area (Å²) in [4.78, 5) is 31.6. The number of sulfone groups is 1. The Balaban J connectivity index is 1.50. The minimum Gasteiger partial charge on any atom is -0.467 e. The molecule has 1 atom stereocenters. The molecule has 9 nitrogen and oxygen atoms in total. The van der Waals surface area contributed by atoms with Gasteiger partial charge in [-0.1, -0.05) is 36.4 Å². The molecule has 1 aliphatic rings. The number of methoxy groups -OCH3 is 1. The van der Waals surface area contributed by atoms with E-state index in [0.29, 0.717) is 19.6 Å². The summed E-state index contributed by atoms with van der Waals surface area (Å²) in [7, 11) is -1.88. The largest absolute Gasteiger partial charge is 0.467 e. The maximum absolute atomic E-state index is 12.4. The number of nitrogens with one attached hydrogen (secondary N) is 1. The Hall–Kier alpha value is -2.98. The molecule has 3 rings (SSSR count). The zero-order chi connectivity index (χ0) is 28.1. The van der Waals surface area contributed by atoms with Crippen LogP contribution in [0.25, 0.3) is 0 Å². The SMILES string of the molecule is COC(=O)[C@H](CCN(CCCCc1ccc2c(n1)CCCC2)CCS(C)(=O)=O)NC(=O)OCc1ccccc1. The maximum Gasteiger partial charge on any atom is 0.408 e. The Bertz CT molecular complexity index is 1170. The molecule has 1 heterocycles. The molecule has 1 aromatic heterocycles. The highest BCUT2D eigenvalue weighted by Gasteiger charge is 2.23. The number of carbonyl (C=O) groups is 2. The number of alkyl carbamates (subject to hydrolysis) is 1. The van der Waals surface area contributed by atoms with Crippen LogP contribution < -0.4 is 5.32 Å². The molecule has 0 fully saturated rings. The third-order valence-corrected chi connectivity index (χ3v) is 7.82. The van der Waals surface area contributed by atoms with Crippen molar-refractivity contribution in [2.45, 2.75) is 64.0 Å². The molecule has 1 N–H and O–H groups in total. The van der Waals surface area contributed by atoms with Crippen LogP contribution >= 0.6 is 0 Å². The first-order valence-corrected chi connectivity index (χ1v) is 15.7. The van der Waals surface area contributed by atoms with Crippen LogP contribution in [0.4, 0.5) is 4.79 Å². The van der Waals surface area contributed by atoms with Crippen molar-refractivity contribution in [3.8, 4) is 0 Å². The Labute approximate surface area is 232 Å². The van der Waals surface area contributed by atoms with Crippen molar-refractivity contribution in [2.24, 2.45) is 0 Å². The minimum absolute atomic E-state index is 0.0226. The standard InChI is InChI=1S/C29H41N3O6S/c1-37-28(33)27(31-29(34)38-22-23-10-4-3-5-11-23)17-19-32(20-21-39(2,35)36)18-9-8-13-25-16-15-24-12-6-7-14-26(24)30-25/h3-5,10-11,15-16,27H,6-9,12-14,17-22H2,1-2H3,(H,31,34)/t27-/m0/s1. The van der Waals surface area contributed by atoms with E-state index in [0.717, 1.165) is 43.4 Å². The molecule has 0 bridgehead atoms. The van der Waals surface area contributed by atoms with Crippen LogP contribution in [0.1, 0.15) is 54.6 Å². The number of unbranched alkanes of at least 4 members (excludes halogenated alkanes) is 1. The molecule has 0 saturated heterocycles. The van der Waals surface area contributed by atoms with Gasteiger partial charge in [-0.25, -0.2) is 18.0 Å². The lowest BCUT2D eigenvalue weighted by Crippen LogP contribution is -2.44. The lowest BCUT2D eigenvalue weighted by molar-refractivity contribution is -0.143. The number of ether oxygens (including phenoxy) is 2. The summed E-state index contributed by atoms with van der Waals surface area (Å²) in [5.74, 6) is -0.553. The van der Waals surface area contributed by atoms with Crippen molar-refractivity contribution < 1.29 is 27.5 Å². The van der Waals surface area contributed by atoms with Gasteiger partial charge in [-0.2, -0.15) is 0 Å². The van der Waals surface area contributed by atoms with E-state index in [1.54, 1.807) is 0 Å². The van der Waals surface area contributed by atoms with Gasteiger partial charge in [0.15, 0.2) is 0 Å². The smallest absolute Gasteiger partial charge is 0.408 e. The van der Waals surface area contributed by atoms with Crippen LogP contribution in [0, 0.1) is 0 Å². The molecule has 10 heteroatoms. The Morgan fingerprint density at radius 3 is 2.54 bits per heavy atom.